The van der Waals surface area contributed by atoms with Crippen molar-refractivity contribution in [2.75, 3.05) is 6.61 Å². The van der Waals surface area contributed by atoms with Crippen molar-refractivity contribution in [1.29, 1.82) is 0 Å². The van der Waals surface area contributed by atoms with E-state index in [9.17, 15) is 14.7 Å². The smallest absolute Gasteiger partial charge is 0.330 e. The fraction of sp³-hybridized carbons (Fsp3) is 0.353. The predicted molar refractivity (Wildman–Crippen MR) is 85.7 cm³/mol. The van der Waals surface area contributed by atoms with Gasteiger partial charge in [-0.15, -0.1) is 0 Å². The molecule has 7 nitrogen and oxygen atoms in total. The van der Waals surface area contributed by atoms with Crippen LogP contribution in [0.3, 0.4) is 0 Å². The molecular formula is C17H19N3O4. The lowest BCUT2D eigenvalue weighted by molar-refractivity contribution is -0.142. The maximum Gasteiger partial charge on any atom is 0.330 e. The molecule has 0 spiro atoms. The van der Waals surface area contributed by atoms with Crippen molar-refractivity contribution in [3.05, 3.63) is 47.3 Å². The summed E-state index contributed by atoms with van der Waals surface area (Å²) in [6.45, 7) is 0.605. The number of ether oxygens (including phenoxy) is 1. The van der Waals surface area contributed by atoms with Gasteiger partial charge in [-0.1, -0.05) is 6.07 Å². The van der Waals surface area contributed by atoms with Crippen LogP contribution in [0.25, 0.3) is 0 Å². The van der Waals surface area contributed by atoms with Crippen LogP contribution in [0.15, 0.2) is 30.6 Å². The number of carboxylic acids is 1. The van der Waals surface area contributed by atoms with Crippen LogP contribution in [0.5, 0.6) is 5.75 Å². The van der Waals surface area contributed by atoms with Gasteiger partial charge in [0.25, 0.3) is 0 Å². The standard InChI is InChI=1S/C17H19N3O4/c1-20-10-11(9-18-20)2-5-15(21)19-16(17(22)23)13-3-4-14-12(8-13)6-7-24-14/h3-4,8-10,16H,2,5-7H2,1H3,(H,19,21)(H,22,23). The summed E-state index contributed by atoms with van der Waals surface area (Å²) < 4.78 is 7.09. The molecule has 0 aliphatic carbocycles. The molecule has 1 unspecified atom stereocenters. The minimum Gasteiger partial charge on any atom is -0.493 e. The number of aromatic nitrogens is 2. The van der Waals surface area contributed by atoms with Crippen molar-refractivity contribution in [2.24, 2.45) is 7.05 Å². The zero-order chi connectivity index (χ0) is 17.1. The third-order valence-electron chi connectivity index (χ3n) is 4.00. The third kappa shape index (κ3) is 3.56. The Morgan fingerprint density at radius 1 is 1.46 bits per heavy atom. The number of hydrogen-bond donors (Lipinski definition) is 2. The number of nitrogens with one attached hydrogen (secondary N) is 1. The van der Waals surface area contributed by atoms with Crippen molar-refractivity contribution in [3.63, 3.8) is 0 Å². The molecule has 0 fully saturated rings. The van der Waals surface area contributed by atoms with Crippen molar-refractivity contribution < 1.29 is 19.4 Å². The van der Waals surface area contributed by atoms with Crippen molar-refractivity contribution in [2.45, 2.75) is 25.3 Å². The summed E-state index contributed by atoms with van der Waals surface area (Å²) in [6, 6.07) is 4.18. The van der Waals surface area contributed by atoms with E-state index in [-0.39, 0.29) is 12.3 Å². The summed E-state index contributed by atoms with van der Waals surface area (Å²) in [4.78, 5) is 23.7. The molecular weight excluding hydrogens is 310 g/mol. The van der Waals surface area contributed by atoms with Crippen LogP contribution in [0, 0.1) is 0 Å². The van der Waals surface area contributed by atoms with E-state index in [1.807, 2.05) is 13.2 Å². The topological polar surface area (TPSA) is 93.5 Å². The minimum atomic E-state index is -1.08. The number of aryl methyl sites for hydroxylation is 2. The third-order valence-corrected chi connectivity index (χ3v) is 4.00. The SMILES string of the molecule is Cn1cc(CCC(=O)NC(C(=O)O)c2ccc3c(c2)CCO3)cn1. The maximum absolute atomic E-state index is 12.1. The van der Waals surface area contributed by atoms with Crippen LogP contribution in [0.4, 0.5) is 0 Å². The average Bonchev–Trinajstić information content (AvgIpc) is 3.18. The number of fused-ring (bicyclic) bond motifs is 1. The summed E-state index contributed by atoms with van der Waals surface area (Å²) in [6.07, 6.45) is 5.02. The normalized spacial score (nSPS) is 13.9. The molecule has 0 saturated heterocycles. The Morgan fingerprint density at radius 2 is 2.29 bits per heavy atom. The molecule has 1 atom stereocenters. The van der Waals surface area contributed by atoms with Gasteiger partial charge >= 0.3 is 5.97 Å². The number of carbonyl (C=O) groups excluding carboxylic acids is 1. The van der Waals surface area contributed by atoms with E-state index >= 15 is 0 Å². The first kappa shape index (κ1) is 16.0. The first-order chi connectivity index (χ1) is 11.5. The van der Waals surface area contributed by atoms with Crippen LogP contribution in [-0.2, 0) is 29.5 Å². The Bertz CT molecular complexity index is 769. The van der Waals surface area contributed by atoms with Crippen LogP contribution >= 0.6 is 0 Å². The quantitative estimate of drug-likeness (QED) is 0.831. The second kappa shape index (κ2) is 6.74. The summed E-state index contributed by atoms with van der Waals surface area (Å²) >= 11 is 0. The van der Waals surface area contributed by atoms with Crippen molar-refractivity contribution in [3.8, 4) is 5.75 Å². The molecule has 0 saturated carbocycles. The molecule has 0 bridgehead atoms. The van der Waals surface area contributed by atoms with E-state index in [4.69, 9.17) is 4.74 Å². The predicted octanol–water partition coefficient (Wildman–Crippen LogP) is 1.23. The lowest BCUT2D eigenvalue weighted by Gasteiger charge is -2.15. The van der Waals surface area contributed by atoms with Gasteiger partial charge in [-0.25, -0.2) is 4.79 Å². The Kier molecular flexibility index (Phi) is 4.50. The van der Waals surface area contributed by atoms with E-state index < -0.39 is 12.0 Å². The van der Waals surface area contributed by atoms with Crippen molar-refractivity contribution >= 4 is 11.9 Å². The molecule has 3 rings (SSSR count). The molecule has 2 aromatic rings. The summed E-state index contributed by atoms with van der Waals surface area (Å²) in [5.74, 6) is -0.600. The number of benzene rings is 1. The number of hydrogen-bond acceptors (Lipinski definition) is 4. The largest absolute Gasteiger partial charge is 0.493 e. The van der Waals surface area contributed by atoms with Gasteiger partial charge in [0.1, 0.15) is 5.75 Å². The molecule has 0 radical (unpaired) electrons. The van der Waals surface area contributed by atoms with Crippen LogP contribution < -0.4 is 10.1 Å². The zero-order valence-electron chi connectivity index (χ0n) is 13.4. The number of rotatable bonds is 6. The Hall–Kier alpha value is -2.83. The zero-order valence-corrected chi connectivity index (χ0v) is 13.4. The molecule has 24 heavy (non-hydrogen) atoms. The van der Waals surface area contributed by atoms with E-state index in [2.05, 4.69) is 10.4 Å². The Morgan fingerprint density at radius 3 is 3.00 bits per heavy atom. The molecule has 1 aromatic heterocycles. The molecule has 1 aliphatic rings. The maximum atomic E-state index is 12.1. The molecule has 1 amide bonds. The molecule has 2 heterocycles. The molecule has 7 heteroatoms. The van der Waals surface area contributed by atoms with Gasteiger partial charge in [-0.2, -0.15) is 5.10 Å². The summed E-state index contributed by atoms with van der Waals surface area (Å²) in [5, 5.41) is 16.1. The van der Waals surface area contributed by atoms with E-state index in [1.165, 1.54) is 0 Å². The molecule has 1 aromatic carbocycles. The van der Waals surface area contributed by atoms with Gasteiger partial charge in [-0.3, -0.25) is 9.48 Å². The highest BCUT2D eigenvalue weighted by Gasteiger charge is 2.24. The van der Waals surface area contributed by atoms with Gasteiger partial charge in [0.05, 0.1) is 12.8 Å². The Labute approximate surface area is 139 Å². The fourth-order valence-electron chi connectivity index (χ4n) is 2.77. The van der Waals surface area contributed by atoms with E-state index in [1.54, 1.807) is 29.1 Å². The van der Waals surface area contributed by atoms with Gasteiger partial charge in [-0.05, 0) is 35.2 Å². The van der Waals surface area contributed by atoms with Crippen LogP contribution in [0.2, 0.25) is 0 Å². The molecule has 1 aliphatic heterocycles. The van der Waals surface area contributed by atoms with Gasteiger partial charge < -0.3 is 15.2 Å². The molecule has 126 valence electrons. The second-order valence-corrected chi connectivity index (χ2v) is 5.83. The number of amides is 1. The first-order valence-electron chi connectivity index (χ1n) is 7.78. The highest BCUT2D eigenvalue weighted by molar-refractivity contribution is 5.84. The van der Waals surface area contributed by atoms with E-state index in [0.29, 0.717) is 18.6 Å². The number of carboxylic acid groups (broad SMARTS) is 1. The van der Waals surface area contributed by atoms with Gasteiger partial charge in [0.2, 0.25) is 5.91 Å². The second-order valence-electron chi connectivity index (χ2n) is 5.83. The van der Waals surface area contributed by atoms with Crippen molar-refractivity contribution in [1.82, 2.24) is 15.1 Å². The lowest BCUT2D eigenvalue weighted by Crippen LogP contribution is -2.33. The molecule has 2 N–H and O–H groups in total. The summed E-state index contributed by atoms with van der Waals surface area (Å²) in [7, 11) is 1.81. The summed E-state index contributed by atoms with van der Waals surface area (Å²) in [5.41, 5.74) is 2.47. The van der Waals surface area contributed by atoms with E-state index in [0.717, 1.165) is 23.3 Å². The highest BCUT2D eigenvalue weighted by atomic mass is 16.5. The number of aliphatic carboxylic acids is 1. The van der Waals surface area contributed by atoms with Crippen LogP contribution in [-0.4, -0.2) is 33.4 Å². The van der Waals surface area contributed by atoms with Crippen LogP contribution in [0.1, 0.15) is 29.2 Å². The highest BCUT2D eigenvalue weighted by Crippen LogP contribution is 2.28. The Balaban J connectivity index is 1.65. The van der Waals surface area contributed by atoms with Gasteiger partial charge in [0.15, 0.2) is 6.04 Å². The average molecular weight is 329 g/mol. The number of carbonyl (C=O) groups is 2. The lowest BCUT2D eigenvalue weighted by atomic mass is 10.0. The van der Waals surface area contributed by atoms with Gasteiger partial charge in [0, 0.05) is 26.1 Å². The first-order valence-corrected chi connectivity index (χ1v) is 7.78. The monoisotopic (exact) mass is 329 g/mol. The number of nitrogens with zero attached hydrogens (tertiary/aromatic N) is 2. The minimum absolute atomic E-state index is 0.212. The fourth-order valence-corrected chi connectivity index (χ4v) is 2.77.